The third-order valence-corrected chi connectivity index (χ3v) is 7.52. The van der Waals surface area contributed by atoms with E-state index in [1.165, 1.54) is 70.6 Å². The predicted molar refractivity (Wildman–Crippen MR) is 166 cm³/mol. The number of allylic oxidation sites excluding steroid dienone is 2. The van der Waals surface area contributed by atoms with E-state index in [0.29, 0.717) is 6.42 Å². The predicted octanol–water partition coefficient (Wildman–Crippen LogP) is 9.12. The van der Waals surface area contributed by atoms with Crippen molar-refractivity contribution in [3.8, 4) is 0 Å². The van der Waals surface area contributed by atoms with Crippen LogP contribution in [0, 0.1) is 0 Å². The van der Waals surface area contributed by atoms with E-state index < -0.39 is 32.5 Å². The zero-order chi connectivity index (χ0) is 30.4. The topological polar surface area (TPSA) is 119 Å². The molecule has 0 bridgehead atoms. The van der Waals surface area contributed by atoms with Gasteiger partial charge in [0, 0.05) is 12.8 Å². The monoisotopic (exact) mass is 604 g/mol. The Balaban J connectivity index is 4.03. The van der Waals surface area contributed by atoms with Gasteiger partial charge < -0.3 is 19.3 Å². The van der Waals surface area contributed by atoms with Gasteiger partial charge in [0.2, 0.25) is 0 Å². The van der Waals surface area contributed by atoms with Gasteiger partial charge in [0.05, 0.1) is 6.61 Å². The molecule has 1 atom stereocenters. The van der Waals surface area contributed by atoms with Crippen molar-refractivity contribution in [2.24, 2.45) is 0 Å². The van der Waals surface area contributed by atoms with Crippen LogP contribution < -0.4 is 0 Å². The first kappa shape index (κ1) is 39.8. The lowest BCUT2D eigenvalue weighted by Gasteiger charge is -2.18. The van der Waals surface area contributed by atoms with Crippen molar-refractivity contribution in [1.82, 2.24) is 0 Å². The highest BCUT2D eigenvalue weighted by molar-refractivity contribution is 7.46. The van der Waals surface area contributed by atoms with Crippen LogP contribution in [0.15, 0.2) is 12.2 Å². The van der Waals surface area contributed by atoms with Gasteiger partial charge in [0.25, 0.3) is 0 Å². The second kappa shape index (κ2) is 28.9. The van der Waals surface area contributed by atoms with Crippen LogP contribution in [0.2, 0.25) is 0 Å². The molecule has 0 radical (unpaired) electrons. The molecule has 242 valence electrons. The SMILES string of the molecule is CCCCC/C=C\CCCCCCCC(=O)O[C@H](COC(=O)CCCCCCCCCCCCC)COP(=O)(O)O. The summed E-state index contributed by atoms with van der Waals surface area (Å²) in [6.07, 6.45) is 27.9. The van der Waals surface area contributed by atoms with Crippen molar-refractivity contribution >= 4 is 19.8 Å². The molecule has 0 unspecified atom stereocenters. The molecule has 0 spiro atoms. The maximum Gasteiger partial charge on any atom is 0.469 e. The van der Waals surface area contributed by atoms with Gasteiger partial charge in [-0.25, -0.2) is 4.57 Å². The van der Waals surface area contributed by atoms with E-state index in [0.717, 1.165) is 57.8 Å². The molecule has 0 saturated heterocycles. The number of esters is 2. The second-order valence-electron chi connectivity index (χ2n) is 11.1. The van der Waals surface area contributed by atoms with Crippen LogP contribution in [0.3, 0.4) is 0 Å². The molecule has 0 aliphatic rings. The average molecular weight is 605 g/mol. The van der Waals surface area contributed by atoms with E-state index >= 15 is 0 Å². The maximum absolute atomic E-state index is 12.3. The summed E-state index contributed by atoms with van der Waals surface area (Å²) in [7, 11) is -4.74. The van der Waals surface area contributed by atoms with Crippen LogP contribution in [0.1, 0.15) is 162 Å². The Hall–Kier alpha value is -1.21. The number of hydrogen-bond acceptors (Lipinski definition) is 6. The summed E-state index contributed by atoms with van der Waals surface area (Å²) in [5.41, 5.74) is 0. The van der Waals surface area contributed by atoms with Crippen LogP contribution in [0.5, 0.6) is 0 Å². The smallest absolute Gasteiger partial charge is 0.462 e. The van der Waals surface area contributed by atoms with Gasteiger partial charge >= 0.3 is 19.8 Å². The number of unbranched alkanes of at least 4 members (excludes halogenated alkanes) is 18. The zero-order valence-corrected chi connectivity index (χ0v) is 27.1. The summed E-state index contributed by atoms with van der Waals surface area (Å²) in [6, 6.07) is 0. The third kappa shape index (κ3) is 31.6. The van der Waals surface area contributed by atoms with E-state index in [2.05, 4.69) is 30.5 Å². The number of phosphoric ester groups is 1. The fraction of sp³-hybridized carbons (Fsp3) is 0.875. The maximum atomic E-state index is 12.3. The highest BCUT2D eigenvalue weighted by Gasteiger charge is 2.22. The van der Waals surface area contributed by atoms with Crippen molar-refractivity contribution < 1.29 is 37.9 Å². The van der Waals surface area contributed by atoms with Crippen LogP contribution in [-0.4, -0.2) is 41.0 Å². The van der Waals surface area contributed by atoms with Gasteiger partial charge in [-0.3, -0.25) is 14.1 Å². The van der Waals surface area contributed by atoms with Crippen LogP contribution in [0.25, 0.3) is 0 Å². The number of ether oxygens (including phenoxy) is 2. The summed E-state index contributed by atoms with van der Waals surface area (Å²) in [5, 5.41) is 0. The van der Waals surface area contributed by atoms with Crippen molar-refractivity contribution in [3.05, 3.63) is 12.2 Å². The molecule has 0 amide bonds. The number of carbonyl (C=O) groups excluding carboxylic acids is 2. The van der Waals surface area contributed by atoms with Crippen LogP contribution in [-0.2, 0) is 28.2 Å². The Morgan fingerprint density at radius 3 is 1.54 bits per heavy atom. The standard InChI is InChI=1S/C32H61O8P/c1-3-5-7-9-11-13-15-17-19-21-23-25-27-32(34)40-30(29-39-41(35,36)37)28-38-31(33)26-24-22-20-18-16-14-12-10-8-6-4-2/h11,13,30H,3-10,12,14-29H2,1-2H3,(H2,35,36,37)/b13-11-/t30-/m1/s1. The molecule has 0 fully saturated rings. The van der Waals surface area contributed by atoms with Crippen molar-refractivity contribution in [1.29, 1.82) is 0 Å². The van der Waals surface area contributed by atoms with Gasteiger partial charge in [0.15, 0.2) is 6.10 Å². The largest absolute Gasteiger partial charge is 0.469 e. The molecule has 9 heteroatoms. The molecule has 2 N–H and O–H groups in total. The van der Waals surface area contributed by atoms with E-state index in [1.807, 2.05) is 0 Å². The quantitative estimate of drug-likeness (QED) is 0.0360. The summed E-state index contributed by atoms with van der Waals surface area (Å²) < 4.78 is 26.1. The van der Waals surface area contributed by atoms with Gasteiger partial charge in [-0.1, -0.05) is 122 Å². The molecule has 0 aliphatic heterocycles. The molecule has 0 aliphatic carbocycles. The number of carbonyl (C=O) groups is 2. The summed E-state index contributed by atoms with van der Waals surface area (Å²) in [6.45, 7) is 3.62. The Labute approximate surface area is 250 Å². The Kier molecular flexibility index (Phi) is 28.0. The lowest BCUT2D eigenvalue weighted by Crippen LogP contribution is -2.29. The average Bonchev–Trinajstić information content (AvgIpc) is 2.93. The minimum Gasteiger partial charge on any atom is -0.462 e. The van der Waals surface area contributed by atoms with Gasteiger partial charge in [0.1, 0.15) is 6.61 Å². The first-order valence-corrected chi connectivity index (χ1v) is 18.0. The number of hydrogen-bond donors (Lipinski definition) is 2. The summed E-state index contributed by atoms with van der Waals surface area (Å²) >= 11 is 0. The lowest BCUT2D eigenvalue weighted by molar-refractivity contribution is -0.161. The van der Waals surface area contributed by atoms with Crippen molar-refractivity contribution in [3.63, 3.8) is 0 Å². The molecular weight excluding hydrogens is 543 g/mol. The summed E-state index contributed by atoms with van der Waals surface area (Å²) in [4.78, 5) is 42.4. The molecule has 0 aromatic rings. The number of rotatable bonds is 30. The Morgan fingerprint density at radius 1 is 0.610 bits per heavy atom. The normalized spacial score (nSPS) is 12.6. The highest BCUT2D eigenvalue weighted by atomic mass is 31.2. The first-order valence-electron chi connectivity index (χ1n) is 16.5. The molecule has 0 saturated carbocycles. The molecular formula is C32H61O8P. The Bertz CT molecular complexity index is 691. The molecule has 8 nitrogen and oxygen atoms in total. The minimum atomic E-state index is -4.74. The van der Waals surface area contributed by atoms with Crippen molar-refractivity contribution in [2.75, 3.05) is 13.2 Å². The van der Waals surface area contributed by atoms with E-state index in [9.17, 15) is 14.2 Å². The molecule has 0 aromatic heterocycles. The molecule has 41 heavy (non-hydrogen) atoms. The van der Waals surface area contributed by atoms with E-state index in [4.69, 9.17) is 19.3 Å². The van der Waals surface area contributed by atoms with Crippen LogP contribution in [0.4, 0.5) is 0 Å². The fourth-order valence-corrected chi connectivity index (χ4v) is 4.90. The third-order valence-electron chi connectivity index (χ3n) is 7.03. The lowest BCUT2D eigenvalue weighted by atomic mass is 10.1. The first-order chi connectivity index (χ1) is 19.8. The number of phosphoric acid groups is 1. The fourth-order valence-electron chi connectivity index (χ4n) is 4.54. The molecule has 0 heterocycles. The second-order valence-corrected chi connectivity index (χ2v) is 12.4. The van der Waals surface area contributed by atoms with Gasteiger partial charge in [-0.15, -0.1) is 0 Å². The van der Waals surface area contributed by atoms with Crippen LogP contribution >= 0.6 is 7.82 Å². The van der Waals surface area contributed by atoms with Gasteiger partial charge in [-0.05, 0) is 38.5 Å². The van der Waals surface area contributed by atoms with E-state index in [1.54, 1.807) is 0 Å². The van der Waals surface area contributed by atoms with E-state index in [-0.39, 0.29) is 19.4 Å². The Morgan fingerprint density at radius 2 is 1.02 bits per heavy atom. The van der Waals surface area contributed by atoms with Gasteiger partial charge in [-0.2, -0.15) is 0 Å². The van der Waals surface area contributed by atoms with Crippen molar-refractivity contribution in [2.45, 2.75) is 168 Å². The zero-order valence-electron chi connectivity index (χ0n) is 26.2. The molecule has 0 aromatic carbocycles. The minimum absolute atomic E-state index is 0.205. The highest BCUT2D eigenvalue weighted by Crippen LogP contribution is 2.35. The summed E-state index contributed by atoms with van der Waals surface area (Å²) in [5.74, 6) is -0.894. The molecule has 0 rings (SSSR count).